The van der Waals surface area contributed by atoms with Crippen LogP contribution in [-0.4, -0.2) is 40.6 Å². The van der Waals surface area contributed by atoms with Gasteiger partial charge in [0.25, 0.3) is 0 Å². The zero-order valence-electron chi connectivity index (χ0n) is 11.2. The van der Waals surface area contributed by atoms with Crippen molar-refractivity contribution < 1.29 is 17.9 Å². The van der Waals surface area contributed by atoms with Crippen LogP contribution in [0.1, 0.15) is 27.7 Å². The Kier molecular flexibility index (Phi) is 6.99. The van der Waals surface area contributed by atoms with E-state index in [1.165, 1.54) is 0 Å². The highest BCUT2D eigenvalue weighted by atomic mass is 35.7. The Bertz CT molecular complexity index is 308. The minimum Gasteiger partial charge on any atom is -0.382 e. The molecule has 4 nitrogen and oxygen atoms in total. The molecule has 0 radical (unpaired) electrons. The van der Waals surface area contributed by atoms with Gasteiger partial charge in [-0.2, -0.15) is 0 Å². The minimum absolute atomic E-state index is 0.0529. The van der Waals surface area contributed by atoms with Crippen molar-refractivity contribution in [2.75, 3.05) is 26.1 Å². The van der Waals surface area contributed by atoms with Crippen molar-refractivity contribution >= 4 is 19.7 Å². The van der Waals surface area contributed by atoms with Crippen LogP contribution >= 0.6 is 10.7 Å². The van der Waals surface area contributed by atoms with Crippen molar-refractivity contribution in [1.82, 2.24) is 0 Å². The van der Waals surface area contributed by atoms with Gasteiger partial charge in [-0.1, -0.05) is 20.8 Å². The second-order valence-electron chi connectivity index (χ2n) is 5.37. The quantitative estimate of drug-likeness (QED) is 0.674. The van der Waals surface area contributed by atoms with Crippen molar-refractivity contribution in [2.45, 2.75) is 33.8 Å². The summed E-state index contributed by atoms with van der Waals surface area (Å²) < 4.78 is 32.8. The Balaban J connectivity index is 4.42. The van der Waals surface area contributed by atoms with E-state index >= 15 is 0 Å². The molecule has 0 saturated carbocycles. The van der Waals surface area contributed by atoms with Gasteiger partial charge < -0.3 is 9.47 Å². The van der Waals surface area contributed by atoms with Gasteiger partial charge in [0, 0.05) is 23.7 Å². The van der Waals surface area contributed by atoms with Gasteiger partial charge in [0.15, 0.2) is 0 Å². The van der Waals surface area contributed by atoms with Gasteiger partial charge in [0.2, 0.25) is 9.05 Å². The Morgan fingerprint density at radius 1 is 1.24 bits per heavy atom. The molecule has 0 bridgehead atoms. The van der Waals surface area contributed by atoms with Crippen LogP contribution < -0.4 is 0 Å². The Hall–Kier alpha value is 0.160. The third-order valence-corrected chi connectivity index (χ3v) is 3.79. The first-order chi connectivity index (χ1) is 7.56. The molecule has 0 N–H and O–H groups in total. The maximum Gasteiger partial charge on any atom is 0.232 e. The van der Waals surface area contributed by atoms with E-state index in [2.05, 4.69) is 0 Å². The van der Waals surface area contributed by atoms with Crippen LogP contribution in [0.25, 0.3) is 0 Å². The molecule has 0 heterocycles. The van der Waals surface area contributed by atoms with Crippen LogP contribution in [0, 0.1) is 11.3 Å². The molecule has 2 unspecified atom stereocenters. The van der Waals surface area contributed by atoms with Gasteiger partial charge in [0.1, 0.15) is 0 Å². The average molecular weight is 287 g/mol. The maximum absolute atomic E-state index is 11.1. The van der Waals surface area contributed by atoms with Gasteiger partial charge in [-0.3, -0.25) is 0 Å². The first-order valence-electron chi connectivity index (χ1n) is 5.59. The normalized spacial score (nSPS) is 16.8. The standard InChI is InChI=1S/C11H23ClO4S/c1-9(6-15-5)16-7-10(11(2,3)4)8-17(12,13)14/h9-10H,6-8H2,1-5H3. The molecule has 0 aromatic rings. The summed E-state index contributed by atoms with van der Waals surface area (Å²) in [5.74, 6) is -0.207. The molecule has 0 spiro atoms. The number of methoxy groups -OCH3 is 1. The molecule has 0 aliphatic rings. The number of rotatable bonds is 7. The van der Waals surface area contributed by atoms with Gasteiger partial charge in [0.05, 0.1) is 25.1 Å². The summed E-state index contributed by atoms with van der Waals surface area (Å²) in [6, 6.07) is 0. The number of halogens is 1. The lowest BCUT2D eigenvalue weighted by atomic mass is 9.82. The lowest BCUT2D eigenvalue weighted by molar-refractivity contribution is -0.0197. The molecule has 6 heteroatoms. The SMILES string of the molecule is COCC(C)OCC(CS(=O)(=O)Cl)C(C)(C)C. The van der Waals surface area contributed by atoms with Crippen molar-refractivity contribution in [3.05, 3.63) is 0 Å². The molecule has 0 aliphatic heterocycles. The zero-order chi connectivity index (χ0) is 13.7. The summed E-state index contributed by atoms with van der Waals surface area (Å²) in [5.41, 5.74) is -0.172. The highest BCUT2D eigenvalue weighted by molar-refractivity contribution is 8.13. The third-order valence-electron chi connectivity index (χ3n) is 2.61. The van der Waals surface area contributed by atoms with Crippen molar-refractivity contribution in [3.63, 3.8) is 0 Å². The van der Waals surface area contributed by atoms with E-state index in [1.54, 1.807) is 7.11 Å². The first-order valence-corrected chi connectivity index (χ1v) is 8.07. The fraction of sp³-hybridized carbons (Fsp3) is 1.00. The second-order valence-corrected chi connectivity index (χ2v) is 8.19. The van der Waals surface area contributed by atoms with Crippen molar-refractivity contribution in [1.29, 1.82) is 0 Å². The smallest absolute Gasteiger partial charge is 0.232 e. The summed E-state index contributed by atoms with van der Waals surface area (Å²) >= 11 is 0. The van der Waals surface area contributed by atoms with E-state index < -0.39 is 9.05 Å². The van der Waals surface area contributed by atoms with Crippen LogP contribution in [0.2, 0.25) is 0 Å². The van der Waals surface area contributed by atoms with Crippen LogP contribution in [0.15, 0.2) is 0 Å². The van der Waals surface area contributed by atoms with Crippen LogP contribution in [0.4, 0.5) is 0 Å². The Labute approximate surface area is 109 Å². The lowest BCUT2D eigenvalue weighted by Crippen LogP contribution is -2.32. The monoisotopic (exact) mass is 286 g/mol. The topological polar surface area (TPSA) is 52.6 Å². The van der Waals surface area contributed by atoms with E-state index in [9.17, 15) is 8.42 Å². The van der Waals surface area contributed by atoms with E-state index in [1.807, 2.05) is 27.7 Å². The molecular weight excluding hydrogens is 264 g/mol. The van der Waals surface area contributed by atoms with Crippen molar-refractivity contribution in [3.8, 4) is 0 Å². The first kappa shape index (κ1) is 17.2. The molecular formula is C11H23ClO4S. The lowest BCUT2D eigenvalue weighted by Gasteiger charge is -2.30. The fourth-order valence-corrected chi connectivity index (χ4v) is 2.88. The van der Waals surface area contributed by atoms with E-state index in [0.29, 0.717) is 13.2 Å². The maximum atomic E-state index is 11.1. The van der Waals surface area contributed by atoms with E-state index in [4.69, 9.17) is 20.2 Å². The molecule has 0 aromatic carbocycles. The van der Waals surface area contributed by atoms with Gasteiger partial charge >= 0.3 is 0 Å². The second kappa shape index (κ2) is 6.92. The highest BCUT2D eigenvalue weighted by Gasteiger charge is 2.29. The van der Waals surface area contributed by atoms with E-state index in [0.717, 1.165) is 0 Å². The predicted octanol–water partition coefficient (Wildman–Crippen LogP) is 2.27. The molecule has 0 saturated heterocycles. The largest absolute Gasteiger partial charge is 0.382 e. The zero-order valence-corrected chi connectivity index (χ0v) is 12.8. The minimum atomic E-state index is -3.51. The molecule has 0 rings (SSSR count). The fourth-order valence-electron chi connectivity index (χ4n) is 1.35. The molecule has 0 amide bonds. The molecule has 0 aliphatic carbocycles. The molecule has 0 fully saturated rings. The van der Waals surface area contributed by atoms with Gasteiger partial charge in [-0.15, -0.1) is 0 Å². The summed E-state index contributed by atoms with van der Waals surface area (Å²) in [7, 11) is 3.40. The van der Waals surface area contributed by atoms with Crippen LogP contribution in [0.5, 0.6) is 0 Å². The van der Waals surface area contributed by atoms with Crippen LogP contribution in [-0.2, 0) is 18.5 Å². The number of ether oxygens (including phenoxy) is 2. The summed E-state index contributed by atoms with van der Waals surface area (Å²) in [5, 5.41) is 0. The van der Waals surface area contributed by atoms with Crippen molar-refractivity contribution in [2.24, 2.45) is 11.3 Å². The molecule has 0 aromatic heterocycles. The summed E-state index contributed by atoms with van der Waals surface area (Å²) in [6.07, 6.45) is -0.0529. The summed E-state index contributed by atoms with van der Waals surface area (Å²) in [6.45, 7) is 8.67. The molecule has 104 valence electrons. The van der Waals surface area contributed by atoms with E-state index in [-0.39, 0.29) is 23.2 Å². The van der Waals surface area contributed by atoms with Crippen LogP contribution in [0.3, 0.4) is 0 Å². The van der Waals surface area contributed by atoms with Gasteiger partial charge in [-0.25, -0.2) is 8.42 Å². The Morgan fingerprint density at radius 2 is 1.76 bits per heavy atom. The predicted molar refractivity (Wildman–Crippen MR) is 69.9 cm³/mol. The third kappa shape index (κ3) is 8.83. The number of hydrogen-bond donors (Lipinski definition) is 0. The molecule has 2 atom stereocenters. The average Bonchev–Trinajstić information content (AvgIpc) is 2.09. The molecule has 17 heavy (non-hydrogen) atoms. The van der Waals surface area contributed by atoms with Gasteiger partial charge in [-0.05, 0) is 12.3 Å². The Morgan fingerprint density at radius 3 is 2.12 bits per heavy atom. The highest BCUT2D eigenvalue weighted by Crippen LogP contribution is 2.28. The number of hydrogen-bond acceptors (Lipinski definition) is 4. The summed E-state index contributed by atoms with van der Waals surface area (Å²) in [4.78, 5) is 0.